The van der Waals surface area contributed by atoms with Crippen LogP contribution >= 0.6 is 27.7 Å². The summed E-state index contributed by atoms with van der Waals surface area (Å²) in [5, 5.41) is 12.0. The minimum atomic E-state index is -1.12. The number of phenolic OH excluding ortho intramolecular Hbond substituents is 1. The summed E-state index contributed by atoms with van der Waals surface area (Å²) in [6, 6.07) is 2.83. The standard InChI is InChI=1S/C26H28BrN3O10S/c1-12(9-17(32)37-4)28-18(13-5-7-14(31)8-6-13)21(33)29-19-22(34)30-20(26(2,3)41-23(19)30)24(35)38-11-16-15(10-27)39-25(36)40-16/h5-8,18-20,23,31H,9-11H2,1-4H3,(H,29,33)/t18?,19-,20+,23-/m1/s1. The van der Waals surface area contributed by atoms with E-state index in [2.05, 4.69) is 31.0 Å². The maximum atomic E-state index is 13.4. The van der Waals surface area contributed by atoms with Gasteiger partial charge in [-0.2, -0.15) is 0 Å². The maximum absolute atomic E-state index is 13.4. The Kier molecular flexibility index (Phi) is 8.97. The van der Waals surface area contributed by atoms with Crippen molar-refractivity contribution < 1.29 is 42.6 Å². The predicted molar refractivity (Wildman–Crippen MR) is 148 cm³/mol. The number of hydrogen-bond donors (Lipinski definition) is 2. The monoisotopic (exact) mass is 653 g/mol. The van der Waals surface area contributed by atoms with Crippen LogP contribution < -0.4 is 11.1 Å². The number of carbonyl (C=O) groups excluding carboxylic acids is 4. The van der Waals surface area contributed by atoms with Crippen LogP contribution in [0.2, 0.25) is 0 Å². The predicted octanol–water partition coefficient (Wildman–Crippen LogP) is 2.19. The number of fused-ring (bicyclic) bond motifs is 1. The minimum absolute atomic E-state index is 0.00572. The first-order valence-electron chi connectivity index (χ1n) is 12.4. The molecule has 4 rings (SSSR count). The lowest BCUT2D eigenvalue weighted by Gasteiger charge is -2.44. The fourth-order valence-electron chi connectivity index (χ4n) is 4.61. The molecule has 3 heterocycles. The van der Waals surface area contributed by atoms with Gasteiger partial charge in [-0.3, -0.25) is 19.4 Å². The van der Waals surface area contributed by atoms with Gasteiger partial charge >= 0.3 is 17.8 Å². The number of aromatic hydroxyl groups is 1. The number of amides is 2. The number of hydrogen-bond acceptors (Lipinski definition) is 12. The zero-order chi connectivity index (χ0) is 30.1. The quantitative estimate of drug-likeness (QED) is 0.166. The number of ether oxygens (including phenoxy) is 2. The molecule has 2 saturated heterocycles. The third kappa shape index (κ3) is 6.35. The number of nitrogens with zero attached hydrogens (tertiary/aromatic N) is 2. The van der Waals surface area contributed by atoms with E-state index in [1.807, 2.05) is 0 Å². The van der Waals surface area contributed by atoms with Crippen molar-refractivity contribution in [2.75, 3.05) is 7.11 Å². The summed E-state index contributed by atoms with van der Waals surface area (Å²) < 4.78 is 19.1. The Morgan fingerprint density at radius 2 is 1.85 bits per heavy atom. The van der Waals surface area contributed by atoms with Crippen LogP contribution in [0.5, 0.6) is 5.75 Å². The molecule has 0 spiro atoms. The molecule has 0 radical (unpaired) electrons. The second-order valence-electron chi connectivity index (χ2n) is 9.90. The van der Waals surface area contributed by atoms with Crippen LogP contribution in [0.15, 0.2) is 42.9 Å². The summed E-state index contributed by atoms with van der Waals surface area (Å²) in [7, 11) is 1.24. The zero-order valence-electron chi connectivity index (χ0n) is 22.5. The Morgan fingerprint density at radius 1 is 1.20 bits per heavy atom. The van der Waals surface area contributed by atoms with Gasteiger partial charge in [0.25, 0.3) is 0 Å². The molecule has 2 fully saturated rings. The lowest BCUT2D eigenvalue weighted by Crippen LogP contribution is -2.71. The van der Waals surface area contributed by atoms with Gasteiger partial charge in [0.15, 0.2) is 24.2 Å². The molecule has 4 atom stereocenters. The van der Waals surface area contributed by atoms with Crippen LogP contribution in [0.1, 0.15) is 50.3 Å². The maximum Gasteiger partial charge on any atom is 0.519 e. The van der Waals surface area contributed by atoms with Crippen molar-refractivity contribution in [2.24, 2.45) is 4.99 Å². The van der Waals surface area contributed by atoms with Crippen LogP contribution in [-0.2, 0) is 40.6 Å². The Balaban J connectivity index is 1.49. The van der Waals surface area contributed by atoms with Gasteiger partial charge in [0, 0.05) is 10.5 Å². The average Bonchev–Trinajstić information content (AvgIpc) is 3.42. The normalized spacial score (nSPS) is 22.0. The third-order valence-electron chi connectivity index (χ3n) is 6.59. The molecule has 0 bridgehead atoms. The number of benzene rings is 1. The first kappa shape index (κ1) is 30.4. The van der Waals surface area contributed by atoms with E-state index in [4.69, 9.17) is 13.6 Å². The first-order valence-corrected chi connectivity index (χ1v) is 14.4. The number of aliphatic imine (C=N–C) groups is 1. The van der Waals surface area contributed by atoms with E-state index in [1.165, 1.54) is 48.0 Å². The fourth-order valence-corrected chi connectivity index (χ4v) is 6.66. The molecule has 0 saturated carbocycles. The smallest absolute Gasteiger partial charge is 0.508 e. The number of carbonyl (C=O) groups is 4. The van der Waals surface area contributed by atoms with Gasteiger partial charge in [-0.1, -0.05) is 28.1 Å². The van der Waals surface area contributed by atoms with E-state index in [1.54, 1.807) is 20.8 Å². The highest BCUT2D eigenvalue weighted by Gasteiger charge is 2.64. The molecule has 1 aromatic carbocycles. The summed E-state index contributed by atoms with van der Waals surface area (Å²) in [6.07, 6.45) is -0.135. The van der Waals surface area contributed by atoms with Gasteiger partial charge in [0.2, 0.25) is 11.8 Å². The van der Waals surface area contributed by atoms with Crippen LogP contribution in [0.25, 0.3) is 0 Å². The van der Waals surface area contributed by atoms with E-state index in [-0.39, 0.29) is 35.6 Å². The molecule has 0 aliphatic carbocycles. The van der Waals surface area contributed by atoms with Crippen LogP contribution in [-0.4, -0.2) is 68.8 Å². The van der Waals surface area contributed by atoms with Gasteiger partial charge in [-0.25, -0.2) is 9.59 Å². The summed E-state index contributed by atoms with van der Waals surface area (Å²) in [5.74, 6) is -2.97. The van der Waals surface area contributed by atoms with E-state index in [9.17, 15) is 29.1 Å². The molecule has 220 valence electrons. The summed E-state index contributed by atoms with van der Waals surface area (Å²) in [6.45, 7) is 4.80. The molecule has 1 aromatic heterocycles. The van der Waals surface area contributed by atoms with Crippen molar-refractivity contribution in [2.45, 2.75) is 67.4 Å². The van der Waals surface area contributed by atoms with Gasteiger partial charge in [0.05, 0.1) is 18.9 Å². The highest BCUT2D eigenvalue weighted by molar-refractivity contribution is 9.08. The molecular weight excluding hydrogens is 626 g/mol. The van der Waals surface area contributed by atoms with Crippen LogP contribution in [0.4, 0.5) is 0 Å². The molecule has 2 aromatic rings. The second-order valence-corrected chi connectivity index (χ2v) is 12.2. The summed E-state index contributed by atoms with van der Waals surface area (Å²) >= 11 is 4.50. The fraction of sp³-hybridized carbons (Fsp3) is 0.462. The van der Waals surface area contributed by atoms with Crippen LogP contribution in [0.3, 0.4) is 0 Å². The number of phenols is 1. The Bertz CT molecular complexity index is 1430. The van der Waals surface area contributed by atoms with Crippen molar-refractivity contribution in [3.63, 3.8) is 0 Å². The first-order chi connectivity index (χ1) is 19.4. The van der Waals surface area contributed by atoms with Gasteiger partial charge in [-0.05, 0) is 38.5 Å². The summed E-state index contributed by atoms with van der Waals surface area (Å²) in [5.41, 5.74) is 0.769. The number of methoxy groups -OCH3 is 1. The molecular formula is C26H28BrN3O10S. The topological polar surface area (TPSA) is 178 Å². The highest BCUT2D eigenvalue weighted by Crippen LogP contribution is 2.51. The van der Waals surface area contributed by atoms with Crippen molar-refractivity contribution >= 4 is 57.2 Å². The number of β-lactam (4-membered cyclic amide) rings is 1. The van der Waals surface area contributed by atoms with E-state index in [0.29, 0.717) is 11.3 Å². The minimum Gasteiger partial charge on any atom is -0.508 e. The van der Waals surface area contributed by atoms with Crippen molar-refractivity contribution in [3.05, 3.63) is 52.0 Å². The van der Waals surface area contributed by atoms with Crippen molar-refractivity contribution in [3.8, 4) is 5.75 Å². The van der Waals surface area contributed by atoms with Gasteiger partial charge < -0.3 is 33.6 Å². The van der Waals surface area contributed by atoms with E-state index in [0.717, 1.165) is 0 Å². The number of esters is 2. The average molecular weight is 654 g/mol. The number of halogens is 1. The Hall–Kier alpha value is -3.59. The lowest BCUT2D eigenvalue weighted by molar-refractivity contribution is -0.165. The third-order valence-corrected chi connectivity index (χ3v) is 8.67. The van der Waals surface area contributed by atoms with E-state index >= 15 is 0 Å². The van der Waals surface area contributed by atoms with E-state index < -0.39 is 57.8 Å². The second kappa shape index (κ2) is 12.1. The molecule has 2 N–H and O–H groups in total. The molecule has 2 aliphatic heterocycles. The van der Waals surface area contributed by atoms with Crippen LogP contribution in [0, 0.1) is 0 Å². The largest absolute Gasteiger partial charge is 0.519 e. The SMILES string of the molecule is COC(=O)CC(C)=NC(C(=O)N[C@@H]1C(=O)N2[C@@H]1SC(C)(C)[C@@H]2C(=O)OCc1oc(=O)oc1CBr)c1ccc(O)cc1. The highest BCUT2D eigenvalue weighted by atomic mass is 79.9. The number of nitrogens with one attached hydrogen (secondary N) is 1. The molecule has 1 unspecified atom stereocenters. The molecule has 2 amide bonds. The van der Waals surface area contributed by atoms with Gasteiger partial charge in [-0.15, -0.1) is 11.8 Å². The Morgan fingerprint density at radius 3 is 2.49 bits per heavy atom. The molecule has 41 heavy (non-hydrogen) atoms. The number of alkyl halides is 1. The molecule has 2 aliphatic rings. The lowest BCUT2D eigenvalue weighted by atomic mass is 9.95. The number of rotatable bonds is 10. The molecule has 13 nitrogen and oxygen atoms in total. The molecule has 15 heteroatoms. The zero-order valence-corrected chi connectivity index (χ0v) is 24.9. The summed E-state index contributed by atoms with van der Waals surface area (Å²) in [4.78, 5) is 68.7. The van der Waals surface area contributed by atoms with Gasteiger partial charge in [0.1, 0.15) is 23.2 Å². The number of thioether (sulfide) groups is 1. The van der Waals surface area contributed by atoms with Crippen molar-refractivity contribution in [1.29, 1.82) is 0 Å². The van der Waals surface area contributed by atoms with Crippen molar-refractivity contribution in [1.82, 2.24) is 10.2 Å². The Labute approximate surface area is 246 Å².